The minimum atomic E-state index is 0.569. The molecule has 0 unspecified atom stereocenters. The van der Waals surface area contributed by atoms with Gasteiger partial charge in [0, 0.05) is 25.7 Å². The van der Waals surface area contributed by atoms with E-state index in [1.54, 1.807) is 23.1 Å². The molecule has 0 saturated heterocycles. The SMILES string of the molecule is CN(C)c1nnc(SCC=CCCl)s1. The molecule has 6 heteroatoms. The van der Waals surface area contributed by atoms with Crippen LogP contribution in [-0.2, 0) is 0 Å². The van der Waals surface area contributed by atoms with Crippen LogP contribution in [-0.4, -0.2) is 35.9 Å². The molecule has 0 radical (unpaired) electrons. The van der Waals surface area contributed by atoms with E-state index < -0.39 is 0 Å². The molecule has 0 fully saturated rings. The molecular weight excluding hydrogens is 238 g/mol. The number of aromatic nitrogens is 2. The molecule has 0 saturated carbocycles. The van der Waals surface area contributed by atoms with Crippen LogP contribution in [0.1, 0.15) is 0 Å². The number of thioether (sulfide) groups is 1. The molecule has 0 N–H and O–H groups in total. The largest absolute Gasteiger partial charge is 0.353 e. The molecule has 0 spiro atoms. The van der Waals surface area contributed by atoms with Crippen molar-refractivity contribution in [3.05, 3.63) is 12.2 Å². The highest BCUT2D eigenvalue weighted by atomic mass is 35.5. The number of alkyl halides is 1. The lowest BCUT2D eigenvalue weighted by atomic mass is 10.6. The van der Waals surface area contributed by atoms with Gasteiger partial charge < -0.3 is 4.90 Å². The van der Waals surface area contributed by atoms with Crippen LogP contribution in [0.25, 0.3) is 0 Å². The summed E-state index contributed by atoms with van der Waals surface area (Å²) in [4.78, 5) is 1.95. The number of anilines is 1. The first kappa shape index (κ1) is 11.8. The molecule has 14 heavy (non-hydrogen) atoms. The first-order chi connectivity index (χ1) is 6.74. The van der Waals surface area contributed by atoms with Gasteiger partial charge in [0.1, 0.15) is 0 Å². The average molecular weight is 250 g/mol. The highest BCUT2D eigenvalue weighted by Crippen LogP contribution is 2.26. The smallest absolute Gasteiger partial charge is 0.208 e. The van der Waals surface area contributed by atoms with Crippen LogP contribution in [0.5, 0.6) is 0 Å². The van der Waals surface area contributed by atoms with Gasteiger partial charge in [0.05, 0.1) is 0 Å². The predicted molar refractivity (Wildman–Crippen MR) is 64.8 cm³/mol. The van der Waals surface area contributed by atoms with E-state index in [0.29, 0.717) is 5.88 Å². The third-order valence-electron chi connectivity index (χ3n) is 1.34. The Morgan fingerprint density at radius 2 is 2.21 bits per heavy atom. The number of hydrogen-bond acceptors (Lipinski definition) is 5. The molecule has 0 aliphatic carbocycles. The van der Waals surface area contributed by atoms with Gasteiger partial charge in [0.25, 0.3) is 0 Å². The number of allylic oxidation sites excluding steroid dienone is 1. The molecule has 0 aromatic carbocycles. The van der Waals surface area contributed by atoms with Crippen molar-refractivity contribution < 1.29 is 0 Å². The molecule has 1 heterocycles. The Morgan fingerprint density at radius 1 is 1.43 bits per heavy atom. The van der Waals surface area contributed by atoms with E-state index in [1.807, 2.05) is 31.1 Å². The van der Waals surface area contributed by atoms with Crippen LogP contribution >= 0.6 is 34.7 Å². The van der Waals surface area contributed by atoms with Crippen LogP contribution in [0.4, 0.5) is 5.13 Å². The maximum absolute atomic E-state index is 5.50. The molecule has 0 aliphatic rings. The van der Waals surface area contributed by atoms with E-state index in [0.717, 1.165) is 15.2 Å². The highest BCUT2D eigenvalue weighted by Gasteiger charge is 2.04. The van der Waals surface area contributed by atoms with Gasteiger partial charge in [-0.1, -0.05) is 35.3 Å². The fourth-order valence-electron chi connectivity index (χ4n) is 0.692. The second-order valence-electron chi connectivity index (χ2n) is 2.68. The van der Waals surface area contributed by atoms with Crippen LogP contribution < -0.4 is 4.90 Å². The monoisotopic (exact) mass is 249 g/mol. The van der Waals surface area contributed by atoms with E-state index in [2.05, 4.69) is 10.2 Å². The van der Waals surface area contributed by atoms with Gasteiger partial charge in [0.2, 0.25) is 5.13 Å². The standard InChI is InChI=1S/C8H12ClN3S2/c1-12(2)7-10-11-8(14-7)13-6-4-3-5-9/h3-4H,5-6H2,1-2H3. The summed E-state index contributed by atoms with van der Waals surface area (Å²) in [7, 11) is 3.92. The Hall–Kier alpha value is -0.260. The Bertz CT molecular complexity index is 299. The van der Waals surface area contributed by atoms with Gasteiger partial charge in [-0.2, -0.15) is 0 Å². The Morgan fingerprint density at radius 3 is 2.79 bits per heavy atom. The maximum Gasteiger partial charge on any atom is 0.208 e. The van der Waals surface area contributed by atoms with Crippen LogP contribution in [0, 0.1) is 0 Å². The first-order valence-electron chi connectivity index (χ1n) is 4.08. The van der Waals surface area contributed by atoms with Gasteiger partial charge in [-0.15, -0.1) is 21.8 Å². The second-order valence-corrected chi connectivity index (χ2v) is 5.21. The zero-order chi connectivity index (χ0) is 10.4. The Balaban J connectivity index is 2.40. The van der Waals surface area contributed by atoms with Crippen molar-refractivity contribution in [3.63, 3.8) is 0 Å². The lowest BCUT2D eigenvalue weighted by molar-refractivity contribution is 0.973. The summed E-state index contributed by atoms with van der Waals surface area (Å²) in [6.45, 7) is 0. The summed E-state index contributed by atoms with van der Waals surface area (Å²) >= 11 is 8.77. The summed E-state index contributed by atoms with van der Waals surface area (Å²) in [6.07, 6.45) is 3.97. The lowest BCUT2D eigenvalue weighted by Crippen LogP contribution is -2.07. The molecule has 1 rings (SSSR count). The van der Waals surface area contributed by atoms with Crippen LogP contribution in [0.3, 0.4) is 0 Å². The van der Waals surface area contributed by atoms with E-state index in [-0.39, 0.29) is 0 Å². The molecule has 1 aromatic heterocycles. The van der Waals surface area contributed by atoms with E-state index >= 15 is 0 Å². The summed E-state index contributed by atoms with van der Waals surface area (Å²) in [6, 6.07) is 0. The summed E-state index contributed by atoms with van der Waals surface area (Å²) in [5, 5.41) is 9.03. The number of rotatable bonds is 5. The minimum absolute atomic E-state index is 0.569. The number of halogens is 1. The van der Waals surface area contributed by atoms with Crippen LogP contribution in [0.2, 0.25) is 0 Å². The molecule has 0 atom stereocenters. The second kappa shape index (κ2) is 6.27. The molecule has 3 nitrogen and oxygen atoms in total. The number of hydrogen-bond donors (Lipinski definition) is 0. The Labute approximate surface area is 97.2 Å². The minimum Gasteiger partial charge on any atom is -0.353 e. The van der Waals surface area contributed by atoms with Gasteiger partial charge in [-0.25, -0.2) is 0 Å². The first-order valence-corrected chi connectivity index (χ1v) is 6.42. The van der Waals surface area contributed by atoms with Crippen molar-refractivity contribution in [3.8, 4) is 0 Å². The zero-order valence-electron chi connectivity index (χ0n) is 8.11. The van der Waals surface area contributed by atoms with E-state index in [4.69, 9.17) is 11.6 Å². The summed E-state index contributed by atoms with van der Waals surface area (Å²) in [5.74, 6) is 1.47. The van der Waals surface area contributed by atoms with Gasteiger partial charge >= 0.3 is 0 Å². The predicted octanol–water partition coefficient (Wildman–Crippen LogP) is 2.49. The van der Waals surface area contributed by atoms with Crippen molar-refractivity contribution >= 4 is 39.8 Å². The Kier molecular flexibility index (Phi) is 5.29. The maximum atomic E-state index is 5.50. The molecule has 0 bridgehead atoms. The molecule has 0 amide bonds. The summed E-state index contributed by atoms with van der Waals surface area (Å²) < 4.78 is 0.993. The molecule has 78 valence electrons. The summed E-state index contributed by atoms with van der Waals surface area (Å²) in [5.41, 5.74) is 0. The third-order valence-corrected chi connectivity index (χ3v) is 3.69. The number of nitrogens with zero attached hydrogens (tertiary/aromatic N) is 3. The topological polar surface area (TPSA) is 29.0 Å². The van der Waals surface area contributed by atoms with Crippen molar-refractivity contribution in [2.75, 3.05) is 30.6 Å². The molecule has 1 aromatic rings. The lowest BCUT2D eigenvalue weighted by Gasteiger charge is -2.03. The highest BCUT2D eigenvalue weighted by molar-refractivity contribution is 8.01. The van der Waals surface area contributed by atoms with Gasteiger partial charge in [-0.05, 0) is 0 Å². The quantitative estimate of drug-likeness (QED) is 0.456. The fourth-order valence-corrected chi connectivity index (χ4v) is 2.46. The fraction of sp³-hybridized carbons (Fsp3) is 0.500. The molecular formula is C8H12ClN3S2. The zero-order valence-corrected chi connectivity index (χ0v) is 10.5. The molecule has 0 aliphatic heterocycles. The van der Waals surface area contributed by atoms with Gasteiger partial charge in [0.15, 0.2) is 4.34 Å². The van der Waals surface area contributed by atoms with Crippen LogP contribution in [0.15, 0.2) is 16.5 Å². The van der Waals surface area contributed by atoms with E-state index in [1.165, 1.54) is 0 Å². The van der Waals surface area contributed by atoms with Crippen molar-refractivity contribution in [2.45, 2.75) is 4.34 Å². The van der Waals surface area contributed by atoms with Crippen molar-refractivity contribution in [1.82, 2.24) is 10.2 Å². The van der Waals surface area contributed by atoms with Crippen molar-refractivity contribution in [2.24, 2.45) is 0 Å². The normalized spacial score (nSPS) is 11.1. The van der Waals surface area contributed by atoms with Crippen molar-refractivity contribution in [1.29, 1.82) is 0 Å². The average Bonchev–Trinajstić information content (AvgIpc) is 2.61. The van der Waals surface area contributed by atoms with E-state index in [9.17, 15) is 0 Å². The van der Waals surface area contributed by atoms with Gasteiger partial charge in [-0.3, -0.25) is 0 Å². The third kappa shape index (κ3) is 3.86.